The fraction of sp³-hybridized carbons (Fsp3) is 0.111. The lowest BCUT2D eigenvalue weighted by Crippen LogP contribution is -2.11. The van der Waals surface area contributed by atoms with Crippen LogP contribution in [0.4, 0.5) is 19.0 Å². The van der Waals surface area contributed by atoms with Crippen molar-refractivity contribution in [2.45, 2.75) is 12.7 Å². The van der Waals surface area contributed by atoms with Crippen LogP contribution in [0.15, 0.2) is 65.5 Å². The molecule has 1 aromatic heterocycles. The number of alkyl halides is 3. The van der Waals surface area contributed by atoms with Crippen molar-refractivity contribution in [2.24, 2.45) is 0 Å². The van der Waals surface area contributed by atoms with Gasteiger partial charge in [-0.2, -0.15) is 13.2 Å². The summed E-state index contributed by atoms with van der Waals surface area (Å²) in [5.41, 5.74) is 0.266. The summed E-state index contributed by atoms with van der Waals surface area (Å²) in [7, 11) is 0. The third kappa shape index (κ3) is 4.51. The van der Waals surface area contributed by atoms with Crippen LogP contribution in [0.5, 0.6) is 0 Å². The standard InChI is InChI=1S/C18H13BrF3N3O/c19-15-6-4-13(5-7-15)17(26)24-16-10-25(11-23-16)9-12-2-1-3-14(8-12)18(20,21)22/h1-8,10-11H,9H2,(H,24,26). The molecular formula is C18H13BrF3N3O. The highest BCUT2D eigenvalue weighted by Crippen LogP contribution is 2.29. The Kier molecular flexibility index (Phi) is 5.13. The maximum Gasteiger partial charge on any atom is 0.416 e. The second kappa shape index (κ2) is 7.33. The van der Waals surface area contributed by atoms with E-state index in [0.717, 1.165) is 16.6 Å². The number of hydrogen-bond acceptors (Lipinski definition) is 2. The topological polar surface area (TPSA) is 46.9 Å². The molecule has 134 valence electrons. The fourth-order valence-corrected chi connectivity index (χ4v) is 2.62. The van der Waals surface area contributed by atoms with E-state index in [4.69, 9.17) is 0 Å². The highest BCUT2D eigenvalue weighted by atomic mass is 79.9. The Morgan fingerprint density at radius 1 is 1.15 bits per heavy atom. The molecule has 1 amide bonds. The van der Waals surface area contributed by atoms with E-state index in [1.54, 1.807) is 41.1 Å². The van der Waals surface area contributed by atoms with Crippen molar-refractivity contribution in [1.82, 2.24) is 9.55 Å². The predicted octanol–water partition coefficient (Wildman–Crippen LogP) is 4.97. The van der Waals surface area contributed by atoms with E-state index < -0.39 is 11.7 Å². The van der Waals surface area contributed by atoms with Gasteiger partial charge in [0.2, 0.25) is 0 Å². The molecule has 0 atom stereocenters. The van der Waals surface area contributed by atoms with Crippen molar-refractivity contribution < 1.29 is 18.0 Å². The summed E-state index contributed by atoms with van der Waals surface area (Å²) < 4.78 is 40.8. The van der Waals surface area contributed by atoms with Crippen molar-refractivity contribution in [3.05, 3.63) is 82.2 Å². The zero-order chi connectivity index (χ0) is 18.7. The zero-order valence-electron chi connectivity index (χ0n) is 13.3. The number of nitrogens with one attached hydrogen (secondary N) is 1. The smallest absolute Gasteiger partial charge is 0.331 e. The monoisotopic (exact) mass is 423 g/mol. The molecule has 0 aliphatic heterocycles. The van der Waals surface area contributed by atoms with Crippen molar-refractivity contribution in [3.8, 4) is 0 Å². The van der Waals surface area contributed by atoms with Gasteiger partial charge in [-0.15, -0.1) is 0 Å². The normalized spacial score (nSPS) is 11.4. The van der Waals surface area contributed by atoms with E-state index in [-0.39, 0.29) is 12.5 Å². The first-order valence-electron chi connectivity index (χ1n) is 7.56. The maximum atomic E-state index is 12.8. The number of hydrogen-bond donors (Lipinski definition) is 1. The quantitative estimate of drug-likeness (QED) is 0.644. The molecule has 0 aliphatic carbocycles. The molecular weight excluding hydrogens is 411 g/mol. The summed E-state index contributed by atoms with van der Waals surface area (Å²) in [5, 5.41) is 2.65. The summed E-state index contributed by atoms with van der Waals surface area (Å²) >= 11 is 3.30. The van der Waals surface area contributed by atoms with Gasteiger partial charge in [-0.05, 0) is 42.0 Å². The largest absolute Gasteiger partial charge is 0.416 e. The highest BCUT2D eigenvalue weighted by Gasteiger charge is 2.30. The van der Waals surface area contributed by atoms with Crippen LogP contribution in [0.25, 0.3) is 0 Å². The lowest BCUT2D eigenvalue weighted by atomic mass is 10.1. The van der Waals surface area contributed by atoms with Crippen molar-refractivity contribution >= 4 is 27.7 Å². The van der Waals surface area contributed by atoms with E-state index in [1.807, 2.05) is 0 Å². The average molecular weight is 424 g/mol. The van der Waals surface area contributed by atoms with Gasteiger partial charge in [0.1, 0.15) is 0 Å². The Morgan fingerprint density at radius 3 is 2.58 bits per heavy atom. The van der Waals surface area contributed by atoms with Crippen LogP contribution in [-0.4, -0.2) is 15.5 Å². The second-order valence-electron chi connectivity index (χ2n) is 5.59. The Morgan fingerprint density at radius 2 is 1.88 bits per heavy atom. The van der Waals surface area contributed by atoms with Crippen LogP contribution in [0.1, 0.15) is 21.5 Å². The lowest BCUT2D eigenvalue weighted by Gasteiger charge is -2.09. The van der Waals surface area contributed by atoms with E-state index >= 15 is 0 Å². The van der Waals surface area contributed by atoms with Gasteiger partial charge in [0.25, 0.3) is 5.91 Å². The van der Waals surface area contributed by atoms with Crippen LogP contribution in [0.2, 0.25) is 0 Å². The molecule has 0 saturated carbocycles. The van der Waals surface area contributed by atoms with Crippen LogP contribution in [-0.2, 0) is 12.7 Å². The van der Waals surface area contributed by atoms with Crippen molar-refractivity contribution in [2.75, 3.05) is 5.32 Å². The number of imidazole rings is 1. The summed E-state index contributed by atoms with van der Waals surface area (Å²) in [4.78, 5) is 16.2. The average Bonchev–Trinajstić information content (AvgIpc) is 3.02. The Labute approximate surface area is 155 Å². The fourth-order valence-electron chi connectivity index (χ4n) is 2.36. The van der Waals surface area contributed by atoms with E-state index in [0.29, 0.717) is 16.9 Å². The summed E-state index contributed by atoms with van der Waals surface area (Å²) in [6, 6.07) is 11.9. The van der Waals surface area contributed by atoms with Crippen LogP contribution < -0.4 is 5.32 Å². The predicted molar refractivity (Wildman–Crippen MR) is 94.9 cm³/mol. The molecule has 0 aliphatic rings. The molecule has 0 unspecified atom stereocenters. The first kappa shape index (κ1) is 18.2. The van der Waals surface area contributed by atoms with Gasteiger partial charge in [-0.1, -0.05) is 28.1 Å². The van der Waals surface area contributed by atoms with E-state index in [1.165, 1.54) is 12.4 Å². The number of halogens is 4. The Hall–Kier alpha value is -2.61. The molecule has 0 spiro atoms. The summed E-state index contributed by atoms with van der Waals surface area (Å²) in [5.74, 6) is 0.00622. The summed E-state index contributed by atoms with van der Waals surface area (Å²) in [6.45, 7) is 0.213. The van der Waals surface area contributed by atoms with Gasteiger partial charge >= 0.3 is 6.18 Å². The first-order valence-corrected chi connectivity index (χ1v) is 8.35. The number of rotatable bonds is 4. The van der Waals surface area contributed by atoms with E-state index in [9.17, 15) is 18.0 Å². The number of nitrogens with zero attached hydrogens (tertiary/aromatic N) is 2. The molecule has 4 nitrogen and oxygen atoms in total. The maximum absolute atomic E-state index is 12.8. The van der Waals surface area contributed by atoms with Gasteiger partial charge in [0, 0.05) is 22.8 Å². The highest BCUT2D eigenvalue weighted by molar-refractivity contribution is 9.10. The molecule has 3 aromatic rings. The van der Waals surface area contributed by atoms with Crippen molar-refractivity contribution in [3.63, 3.8) is 0 Å². The molecule has 0 radical (unpaired) electrons. The number of carbonyl (C=O) groups is 1. The Balaban J connectivity index is 1.68. The molecule has 2 aromatic carbocycles. The number of benzene rings is 2. The second-order valence-corrected chi connectivity index (χ2v) is 6.51. The molecule has 1 N–H and O–H groups in total. The molecule has 8 heteroatoms. The molecule has 0 fully saturated rings. The molecule has 0 saturated heterocycles. The molecule has 3 rings (SSSR count). The number of amides is 1. The Bertz CT molecular complexity index is 920. The number of aromatic nitrogens is 2. The van der Waals surface area contributed by atoms with Gasteiger partial charge < -0.3 is 9.88 Å². The van der Waals surface area contributed by atoms with Crippen LogP contribution in [0.3, 0.4) is 0 Å². The minimum absolute atomic E-state index is 0.213. The third-order valence-electron chi connectivity index (χ3n) is 3.60. The minimum atomic E-state index is -4.38. The van der Waals surface area contributed by atoms with Gasteiger partial charge in [0.05, 0.1) is 11.9 Å². The SMILES string of the molecule is O=C(Nc1cn(Cc2cccc(C(F)(F)F)c2)cn1)c1ccc(Br)cc1. The lowest BCUT2D eigenvalue weighted by molar-refractivity contribution is -0.137. The molecule has 1 heterocycles. The van der Waals surface area contributed by atoms with E-state index in [2.05, 4.69) is 26.2 Å². The zero-order valence-corrected chi connectivity index (χ0v) is 14.9. The minimum Gasteiger partial charge on any atom is -0.331 e. The van der Waals surface area contributed by atoms with Crippen LogP contribution >= 0.6 is 15.9 Å². The third-order valence-corrected chi connectivity index (χ3v) is 4.13. The van der Waals surface area contributed by atoms with Gasteiger partial charge in [0.15, 0.2) is 5.82 Å². The first-order chi connectivity index (χ1) is 12.3. The number of carbonyl (C=O) groups excluding carboxylic acids is 1. The molecule has 0 bridgehead atoms. The van der Waals surface area contributed by atoms with Crippen molar-refractivity contribution in [1.29, 1.82) is 0 Å². The summed E-state index contributed by atoms with van der Waals surface area (Å²) in [6.07, 6.45) is -1.36. The van der Waals surface area contributed by atoms with Gasteiger partial charge in [-0.25, -0.2) is 4.98 Å². The number of anilines is 1. The van der Waals surface area contributed by atoms with Gasteiger partial charge in [-0.3, -0.25) is 4.79 Å². The van der Waals surface area contributed by atoms with Crippen LogP contribution in [0, 0.1) is 0 Å². The molecule has 26 heavy (non-hydrogen) atoms.